The van der Waals surface area contributed by atoms with Gasteiger partial charge in [-0.1, -0.05) is 25.2 Å². The van der Waals surface area contributed by atoms with Crippen molar-refractivity contribution < 1.29 is 42.5 Å². The molecular weight excluding hydrogens is 809 g/mol. The van der Waals surface area contributed by atoms with E-state index in [-0.39, 0.29) is 31.3 Å². The molecule has 12 atom stereocenters. The molecule has 4 unspecified atom stereocenters. The summed E-state index contributed by atoms with van der Waals surface area (Å²) in [5.74, 6) is -5.84. The summed E-state index contributed by atoms with van der Waals surface area (Å²) < 4.78 is 49.6. The molecule has 10 rings (SSSR count). The number of esters is 2. The van der Waals surface area contributed by atoms with Gasteiger partial charge in [0, 0.05) is 117 Å². The number of aldehydes is 1. The number of benzene rings is 1. The highest BCUT2D eigenvalue weighted by Gasteiger charge is 2.79. The SMILES string of the molecule is CC[C@]12C=CCN3CC[C@@]4(C5=CC([C@@]6(C(=O)OC)C[C@H]7CC(C(C)(F)F)CN(CCc8c6[nH]c6ccc(N9CCCC9)cc86)C7)C(OC)C=C5N(C)[C@H]4[C@@](O)(C=O)[C@@H]1OC(C)=O)[C@@H]32. The normalized spacial score (nSPS) is 39.6. The predicted molar refractivity (Wildman–Crippen MR) is 233 cm³/mol. The van der Waals surface area contributed by atoms with Crippen LogP contribution < -0.4 is 4.90 Å². The van der Waals surface area contributed by atoms with E-state index < -0.39 is 69.8 Å². The van der Waals surface area contributed by atoms with E-state index in [0.29, 0.717) is 51.7 Å². The van der Waals surface area contributed by atoms with Gasteiger partial charge in [-0.25, -0.2) is 8.78 Å². The zero-order chi connectivity index (χ0) is 44.4. The molecule has 63 heavy (non-hydrogen) atoms. The van der Waals surface area contributed by atoms with Crippen molar-refractivity contribution in [1.29, 1.82) is 0 Å². The number of nitrogens with zero attached hydrogens (tertiary/aromatic N) is 4. The maximum absolute atomic E-state index is 15.5. The number of aromatic amines is 1. The molecule has 1 aromatic carbocycles. The Bertz CT molecular complexity index is 2300. The Morgan fingerprint density at radius 1 is 1.08 bits per heavy atom. The zero-order valence-corrected chi connectivity index (χ0v) is 37.5. The second-order valence-electron chi connectivity index (χ2n) is 20.3. The van der Waals surface area contributed by atoms with Crippen LogP contribution in [0, 0.1) is 28.6 Å². The molecule has 12 nitrogen and oxygen atoms in total. The molecule has 7 heterocycles. The van der Waals surface area contributed by atoms with Gasteiger partial charge in [0.1, 0.15) is 11.5 Å². The molecule has 1 spiro atoms. The number of anilines is 1. The van der Waals surface area contributed by atoms with Gasteiger partial charge in [-0.15, -0.1) is 0 Å². The summed E-state index contributed by atoms with van der Waals surface area (Å²) >= 11 is 0. The van der Waals surface area contributed by atoms with Crippen molar-refractivity contribution in [2.24, 2.45) is 28.6 Å². The fraction of sp³-hybridized carbons (Fsp3) is 0.653. The Kier molecular flexibility index (Phi) is 10.2. The third kappa shape index (κ3) is 5.91. The molecule has 6 aliphatic heterocycles. The summed E-state index contributed by atoms with van der Waals surface area (Å²) in [6.07, 6.45) is 11.4. The lowest BCUT2D eigenvalue weighted by atomic mass is 9.47. The molecule has 14 heteroatoms. The number of ether oxygens (including phenoxy) is 3. The van der Waals surface area contributed by atoms with Gasteiger partial charge in [-0.05, 0) is 99.7 Å². The maximum Gasteiger partial charge on any atom is 0.318 e. The van der Waals surface area contributed by atoms with Crippen molar-refractivity contribution in [2.75, 3.05) is 72.0 Å². The summed E-state index contributed by atoms with van der Waals surface area (Å²) in [6.45, 7) is 9.02. The number of alkyl halides is 2. The van der Waals surface area contributed by atoms with Gasteiger partial charge in [0.15, 0.2) is 11.9 Å². The summed E-state index contributed by atoms with van der Waals surface area (Å²) in [6, 6.07) is 5.37. The van der Waals surface area contributed by atoms with Crippen molar-refractivity contribution in [2.45, 2.75) is 107 Å². The molecular formula is C49H63F2N5O7. The molecule has 2 bridgehead atoms. The standard InChI is InChI=1S/C49H63F2N5O7/c1-7-46-14-10-18-56-20-15-47(41(46)56)35-23-36(39(61-5)24-38(35)53(4)42(47)49(60,28-57)43(46)63-29(2)58)48(44(59)62-6)25-30-21-31(45(3,50)51)27-54(26-30)19-13-33-34-22-32(55-16-8-9-17-55)11-12-37(34)52-40(33)48/h10-12,14,22-24,28,30-31,36,39,41-43,52,60H,7-9,13,15-21,25-27H2,1-6H3/t30-,31?,36?,39?,41+,42-,43-,46-,47-,48+,49+/m1/s1. The van der Waals surface area contributed by atoms with Crippen molar-refractivity contribution >= 4 is 34.8 Å². The Morgan fingerprint density at radius 3 is 2.54 bits per heavy atom. The molecule has 4 saturated heterocycles. The summed E-state index contributed by atoms with van der Waals surface area (Å²) in [5, 5.41) is 14.1. The second-order valence-corrected chi connectivity index (χ2v) is 20.3. The minimum atomic E-state index is -2.92. The summed E-state index contributed by atoms with van der Waals surface area (Å²) in [5.41, 5.74) is 0.0941. The molecule has 1 aromatic heterocycles. The number of aliphatic hydroxyl groups is 1. The van der Waals surface area contributed by atoms with Crippen LogP contribution in [0.25, 0.3) is 10.9 Å². The Morgan fingerprint density at radius 2 is 1.86 bits per heavy atom. The van der Waals surface area contributed by atoms with E-state index in [2.05, 4.69) is 56.1 Å². The van der Waals surface area contributed by atoms with Gasteiger partial charge in [0.05, 0.1) is 19.3 Å². The van der Waals surface area contributed by atoms with Crippen LogP contribution >= 0.6 is 0 Å². The number of likely N-dealkylation sites (tertiary alicyclic amines) is 1. The zero-order valence-electron chi connectivity index (χ0n) is 37.5. The largest absolute Gasteiger partial charge is 0.468 e. The molecule has 8 aliphatic rings. The monoisotopic (exact) mass is 871 g/mol. The van der Waals surface area contributed by atoms with Crippen molar-refractivity contribution in [3.05, 3.63) is 65.0 Å². The van der Waals surface area contributed by atoms with Gasteiger partial charge < -0.3 is 39.0 Å². The number of carbonyl (C=O) groups excluding carboxylic acids is 3. The molecule has 0 amide bonds. The molecule has 5 fully saturated rings. The fourth-order valence-electron chi connectivity index (χ4n) is 14.9. The van der Waals surface area contributed by atoms with Crippen LogP contribution in [0.3, 0.4) is 0 Å². The topological polar surface area (TPSA) is 128 Å². The number of carbonyl (C=O) groups is 3. The van der Waals surface area contributed by atoms with E-state index in [9.17, 15) is 14.7 Å². The first-order valence-corrected chi connectivity index (χ1v) is 23.2. The molecule has 340 valence electrons. The minimum Gasteiger partial charge on any atom is -0.468 e. The average molecular weight is 872 g/mol. The highest BCUT2D eigenvalue weighted by molar-refractivity contribution is 5.93. The number of hydrogen-bond acceptors (Lipinski definition) is 11. The molecule has 0 radical (unpaired) electrons. The third-order valence-electron chi connectivity index (χ3n) is 17.2. The van der Waals surface area contributed by atoms with Crippen LogP contribution in [0.15, 0.2) is 53.8 Å². The maximum atomic E-state index is 15.5. The number of hydrogen-bond donors (Lipinski definition) is 2. The highest BCUT2D eigenvalue weighted by atomic mass is 19.3. The lowest BCUT2D eigenvalue weighted by Gasteiger charge is -2.63. The number of fused-ring (bicyclic) bond motifs is 6. The van der Waals surface area contributed by atoms with Gasteiger partial charge >= 0.3 is 11.9 Å². The smallest absolute Gasteiger partial charge is 0.318 e. The van der Waals surface area contributed by atoms with Gasteiger partial charge in [0.25, 0.3) is 0 Å². The Balaban J connectivity index is 1.23. The van der Waals surface area contributed by atoms with Gasteiger partial charge in [-0.3, -0.25) is 19.3 Å². The van der Waals surface area contributed by atoms with Crippen LogP contribution in [0.2, 0.25) is 0 Å². The summed E-state index contributed by atoms with van der Waals surface area (Å²) in [7, 11) is 4.93. The minimum absolute atomic E-state index is 0.231. The number of aromatic nitrogens is 1. The number of rotatable bonds is 8. The van der Waals surface area contributed by atoms with Crippen LogP contribution in [-0.4, -0.2) is 146 Å². The number of piperidine rings is 1. The van der Waals surface area contributed by atoms with Crippen LogP contribution in [0.5, 0.6) is 0 Å². The number of halogens is 2. The van der Waals surface area contributed by atoms with E-state index in [4.69, 9.17) is 14.2 Å². The van der Waals surface area contributed by atoms with Gasteiger partial charge in [-0.2, -0.15) is 0 Å². The highest BCUT2D eigenvalue weighted by Crippen LogP contribution is 2.70. The Hall–Kier alpha value is -4.11. The van der Waals surface area contributed by atoms with Crippen LogP contribution in [-0.2, 0) is 40.4 Å². The predicted octanol–water partition coefficient (Wildman–Crippen LogP) is 5.39. The third-order valence-corrected chi connectivity index (χ3v) is 17.2. The number of methoxy groups -OCH3 is 2. The van der Waals surface area contributed by atoms with Crippen molar-refractivity contribution in [1.82, 2.24) is 19.7 Å². The van der Waals surface area contributed by atoms with Crippen molar-refractivity contribution in [3.63, 3.8) is 0 Å². The lowest BCUT2D eigenvalue weighted by Crippen LogP contribution is -2.78. The van der Waals surface area contributed by atoms with Crippen LogP contribution in [0.4, 0.5) is 14.5 Å². The number of allylic oxidation sites excluding steroid dienone is 1. The first-order chi connectivity index (χ1) is 30.1. The van der Waals surface area contributed by atoms with E-state index in [1.807, 2.05) is 24.9 Å². The average Bonchev–Trinajstić information content (AvgIpc) is 4.08. The van der Waals surface area contributed by atoms with E-state index in [1.54, 1.807) is 7.11 Å². The van der Waals surface area contributed by atoms with Crippen LogP contribution in [0.1, 0.15) is 70.6 Å². The molecule has 2 aromatic rings. The lowest BCUT2D eigenvalue weighted by molar-refractivity contribution is -0.226. The molecule has 2 N–H and O–H groups in total. The number of H-pyrrole nitrogens is 1. The van der Waals surface area contributed by atoms with E-state index in [1.165, 1.54) is 14.0 Å². The fourth-order valence-corrected chi connectivity index (χ4v) is 14.9. The van der Waals surface area contributed by atoms with E-state index in [0.717, 1.165) is 72.0 Å². The second kappa shape index (κ2) is 15.0. The quantitative estimate of drug-likeness (QED) is 0.202. The molecule has 1 saturated carbocycles. The molecule has 2 aliphatic carbocycles. The number of likely N-dealkylation sites (N-methyl/N-ethyl adjacent to an activating group) is 1. The van der Waals surface area contributed by atoms with Crippen molar-refractivity contribution in [3.8, 4) is 0 Å². The summed E-state index contributed by atoms with van der Waals surface area (Å²) in [4.78, 5) is 54.9. The Labute approximate surface area is 368 Å². The van der Waals surface area contributed by atoms with Gasteiger partial charge in [0.2, 0.25) is 5.92 Å². The number of nitrogens with one attached hydrogen (secondary N) is 1. The first kappa shape index (κ1) is 42.8. The first-order valence-electron chi connectivity index (χ1n) is 23.2. The van der Waals surface area contributed by atoms with E-state index >= 15 is 13.6 Å².